The summed E-state index contributed by atoms with van der Waals surface area (Å²) < 4.78 is 24.0. The molecule has 1 aromatic rings. The zero-order valence-corrected chi connectivity index (χ0v) is 8.61. The topological polar surface area (TPSA) is 96.1 Å². The highest BCUT2D eigenvalue weighted by Gasteiger charge is 2.17. The van der Waals surface area contributed by atoms with E-state index in [4.69, 9.17) is 10.9 Å². The SMILES string of the molecule is Cc1c(NN)ncnc1NCC(O)C(F)F. The van der Waals surface area contributed by atoms with Crippen LogP contribution in [0.3, 0.4) is 0 Å². The summed E-state index contributed by atoms with van der Waals surface area (Å²) in [6, 6.07) is 0. The maximum absolute atomic E-state index is 12.0. The number of anilines is 2. The lowest BCUT2D eigenvalue weighted by Crippen LogP contribution is -2.27. The van der Waals surface area contributed by atoms with Crippen molar-refractivity contribution in [2.75, 3.05) is 17.3 Å². The first-order valence-electron chi connectivity index (χ1n) is 4.54. The number of rotatable bonds is 5. The van der Waals surface area contributed by atoms with Gasteiger partial charge >= 0.3 is 0 Å². The van der Waals surface area contributed by atoms with Crippen molar-refractivity contribution < 1.29 is 13.9 Å². The summed E-state index contributed by atoms with van der Waals surface area (Å²) in [5.74, 6) is 5.93. The van der Waals surface area contributed by atoms with E-state index in [1.165, 1.54) is 6.33 Å². The Bertz CT molecular complexity index is 349. The molecule has 0 saturated carbocycles. The van der Waals surface area contributed by atoms with E-state index in [1.54, 1.807) is 6.92 Å². The van der Waals surface area contributed by atoms with Gasteiger partial charge in [-0.1, -0.05) is 0 Å². The first-order valence-corrected chi connectivity index (χ1v) is 4.54. The number of alkyl halides is 2. The molecule has 1 heterocycles. The Hall–Kier alpha value is -1.54. The van der Waals surface area contributed by atoms with Crippen LogP contribution >= 0.6 is 0 Å². The van der Waals surface area contributed by atoms with Crippen molar-refractivity contribution in [3.63, 3.8) is 0 Å². The van der Waals surface area contributed by atoms with Crippen LogP contribution < -0.4 is 16.6 Å². The van der Waals surface area contributed by atoms with Gasteiger partial charge in [-0.25, -0.2) is 24.6 Å². The summed E-state index contributed by atoms with van der Waals surface area (Å²) in [4.78, 5) is 7.67. The van der Waals surface area contributed by atoms with Gasteiger partial charge in [-0.3, -0.25) is 0 Å². The molecule has 0 spiro atoms. The number of hydrogen-bond acceptors (Lipinski definition) is 6. The molecule has 5 N–H and O–H groups in total. The largest absolute Gasteiger partial charge is 0.385 e. The molecule has 0 radical (unpaired) electrons. The monoisotopic (exact) mass is 233 g/mol. The summed E-state index contributed by atoms with van der Waals surface area (Å²) in [6.07, 6.45) is -3.29. The Morgan fingerprint density at radius 1 is 1.44 bits per heavy atom. The van der Waals surface area contributed by atoms with Gasteiger partial charge in [-0.05, 0) is 6.92 Å². The van der Waals surface area contributed by atoms with Crippen LogP contribution in [0.5, 0.6) is 0 Å². The molecule has 0 aliphatic heterocycles. The number of hydrogen-bond donors (Lipinski definition) is 4. The number of aliphatic hydroxyl groups is 1. The molecule has 6 nitrogen and oxygen atoms in total. The van der Waals surface area contributed by atoms with Crippen molar-refractivity contribution in [1.82, 2.24) is 9.97 Å². The van der Waals surface area contributed by atoms with Gasteiger partial charge in [0.2, 0.25) is 0 Å². The second kappa shape index (κ2) is 5.52. The van der Waals surface area contributed by atoms with E-state index >= 15 is 0 Å². The molecule has 0 aliphatic rings. The average molecular weight is 233 g/mol. The third kappa shape index (κ3) is 2.97. The van der Waals surface area contributed by atoms with Crippen molar-refractivity contribution in [2.24, 2.45) is 5.84 Å². The normalized spacial score (nSPS) is 12.6. The van der Waals surface area contributed by atoms with Crippen molar-refractivity contribution in [3.8, 4) is 0 Å². The van der Waals surface area contributed by atoms with Gasteiger partial charge in [-0.15, -0.1) is 0 Å². The summed E-state index contributed by atoms with van der Waals surface area (Å²) in [6.45, 7) is 1.38. The number of nitrogen functional groups attached to an aromatic ring is 1. The standard InChI is InChI=1S/C8H13F2N5O/c1-4-7(12-2-5(16)6(9)10)13-3-14-8(4)15-11/h3,5-6,16H,2,11H2,1H3,(H2,12,13,14,15). The molecule has 0 aromatic carbocycles. The van der Waals surface area contributed by atoms with Crippen LogP contribution in [-0.2, 0) is 0 Å². The van der Waals surface area contributed by atoms with Crippen LogP contribution in [-0.4, -0.2) is 34.1 Å². The first-order chi connectivity index (χ1) is 7.56. The maximum atomic E-state index is 12.0. The number of nitrogens with zero attached hydrogens (tertiary/aromatic N) is 2. The van der Waals surface area contributed by atoms with Crippen LogP contribution in [0, 0.1) is 6.92 Å². The fraction of sp³-hybridized carbons (Fsp3) is 0.500. The van der Waals surface area contributed by atoms with Gasteiger partial charge in [0, 0.05) is 12.1 Å². The molecule has 8 heteroatoms. The highest BCUT2D eigenvalue weighted by molar-refractivity contribution is 5.55. The highest BCUT2D eigenvalue weighted by Crippen LogP contribution is 2.17. The van der Waals surface area contributed by atoms with Crippen LogP contribution in [0.15, 0.2) is 6.33 Å². The predicted octanol–water partition coefficient (Wildman–Crippen LogP) is 0.109. The van der Waals surface area contributed by atoms with Crippen LogP contribution in [0.2, 0.25) is 0 Å². The highest BCUT2D eigenvalue weighted by atomic mass is 19.3. The third-order valence-corrected chi connectivity index (χ3v) is 1.99. The number of nitrogens with two attached hydrogens (primary N) is 1. The Morgan fingerprint density at radius 2 is 2.06 bits per heavy atom. The summed E-state index contributed by atoms with van der Waals surface area (Å²) >= 11 is 0. The molecule has 0 saturated heterocycles. The molecule has 0 aliphatic carbocycles. The van der Waals surface area contributed by atoms with Gasteiger partial charge < -0.3 is 15.8 Å². The number of halogens is 2. The van der Waals surface area contributed by atoms with E-state index in [2.05, 4.69) is 20.7 Å². The average Bonchev–Trinajstić information content (AvgIpc) is 2.27. The Labute approximate surface area is 90.9 Å². The van der Waals surface area contributed by atoms with E-state index in [0.29, 0.717) is 17.2 Å². The first kappa shape index (κ1) is 12.5. The molecule has 0 amide bonds. The van der Waals surface area contributed by atoms with E-state index in [-0.39, 0.29) is 6.54 Å². The zero-order chi connectivity index (χ0) is 12.1. The molecule has 0 fully saturated rings. The molecule has 1 aromatic heterocycles. The van der Waals surface area contributed by atoms with Crippen LogP contribution in [0.4, 0.5) is 20.4 Å². The minimum Gasteiger partial charge on any atom is -0.385 e. The summed E-state index contributed by atoms with van der Waals surface area (Å²) in [5, 5.41) is 11.5. The molecule has 90 valence electrons. The lowest BCUT2D eigenvalue weighted by atomic mass is 10.3. The zero-order valence-electron chi connectivity index (χ0n) is 8.61. The van der Waals surface area contributed by atoms with Gasteiger partial charge in [-0.2, -0.15) is 0 Å². The quantitative estimate of drug-likeness (QED) is 0.426. The molecular formula is C8H13F2N5O. The fourth-order valence-electron chi connectivity index (χ4n) is 1.06. The molecule has 1 atom stereocenters. The predicted molar refractivity (Wildman–Crippen MR) is 55.1 cm³/mol. The number of hydrazine groups is 1. The van der Waals surface area contributed by atoms with Crippen LogP contribution in [0.25, 0.3) is 0 Å². The molecular weight excluding hydrogens is 220 g/mol. The Balaban J connectivity index is 2.67. The van der Waals surface area contributed by atoms with E-state index < -0.39 is 12.5 Å². The number of aliphatic hydroxyl groups excluding tert-OH is 1. The lowest BCUT2D eigenvalue weighted by molar-refractivity contribution is 0.00380. The molecule has 0 bridgehead atoms. The van der Waals surface area contributed by atoms with E-state index in [1.807, 2.05) is 0 Å². The molecule has 1 rings (SSSR count). The number of nitrogens with one attached hydrogen (secondary N) is 2. The second-order valence-electron chi connectivity index (χ2n) is 3.12. The maximum Gasteiger partial charge on any atom is 0.265 e. The number of aromatic nitrogens is 2. The van der Waals surface area contributed by atoms with Crippen molar-refractivity contribution in [1.29, 1.82) is 0 Å². The van der Waals surface area contributed by atoms with E-state index in [0.717, 1.165) is 0 Å². The van der Waals surface area contributed by atoms with E-state index in [9.17, 15) is 8.78 Å². The Morgan fingerprint density at radius 3 is 2.62 bits per heavy atom. The molecule has 16 heavy (non-hydrogen) atoms. The van der Waals surface area contributed by atoms with Crippen molar-refractivity contribution >= 4 is 11.6 Å². The van der Waals surface area contributed by atoms with Gasteiger partial charge in [0.05, 0.1) is 0 Å². The van der Waals surface area contributed by atoms with Crippen molar-refractivity contribution in [3.05, 3.63) is 11.9 Å². The second-order valence-corrected chi connectivity index (χ2v) is 3.12. The Kier molecular flexibility index (Phi) is 4.32. The van der Waals surface area contributed by atoms with Crippen molar-refractivity contribution in [2.45, 2.75) is 19.5 Å². The van der Waals surface area contributed by atoms with Gasteiger partial charge in [0.25, 0.3) is 6.43 Å². The smallest absolute Gasteiger partial charge is 0.265 e. The summed E-state index contributed by atoms with van der Waals surface area (Å²) in [5.41, 5.74) is 2.93. The minimum atomic E-state index is -2.79. The van der Waals surface area contributed by atoms with Crippen LogP contribution in [0.1, 0.15) is 5.56 Å². The fourth-order valence-corrected chi connectivity index (χ4v) is 1.06. The van der Waals surface area contributed by atoms with Gasteiger partial charge in [0.15, 0.2) is 0 Å². The van der Waals surface area contributed by atoms with Gasteiger partial charge in [0.1, 0.15) is 24.1 Å². The third-order valence-electron chi connectivity index (χ3n) is 1.99. The lowest BCUT2D eigenvalue weighted by Gasteiger charge is -2.13. The summed E-state index contributed by atoms with van der Waals surface area (Å²) in [7, 11) is 0. The minimum absolute atomic E-state index is 0.292. The molecule has 1 unspecified atom stereocenters.